The number of amides is 1. The summed E-state index contributed by atoms with van der Waals surface area (Å²) in [5, 5.41) is 13.0. The number of nitrogens with one attached hydrogen (secondary N) is 1. The standard InChI is InChI=1S/C23H23ClN2O3/c1-28-22-13-16(12-18(14-25)23(27)26-19-7-3-4-8-19)10-11-21(22)29-15-17-6-2-5-9-20(17)24/h2,5-6,9-13,19H,3-4,7-8,15H2,1H3,(H,26,27)/b18-12+. The maximum absolute atomic E-state index is 12.4. The molecule has 0 aliphatic heterocycles. The maximum Gasteiger partial charge on any atom is 0.262 e. The van der Waals surface area contributed by atoms with Crippen LogP contribution in [0.1, 0.15) is 36.8 Å². The molecule has 0 atom stereocenters. The fraction of sp³-hybridized carbons (Fsp3) is 0.304. The normalized spacial score (nSPS) is 14.3. The van der Waals surface area contributed by atoms with Crippen molar-refractivity contribution in [2.45, 2.75) is 38.3 Å². The fourth-order valence-electron chi connectivity index (χ4n) is 3.31. The number of benzene rings is 2. The Hall–Kier alpha value is -2.97. The highest BCUT2D eigenvalue weighted by molar-refractivity contribution is 6.31. The van der Waals surface area contributed by atoms with E-state index in [1.807, 2.05) is 30.3 Å². The van der Waals surface area contributed by atoms with Crippen molar-refractivity contribution in [1.29, 1.82) is 5.26 Å². The molecule has 0 radical (unpaired) electrons. The molecule has 0 heterocycles. The summed E-state index contributed by atoms with van der Waals surface area (Å²) in [6.07, 6.45) is 5.73. The number of nitrogens with zero attached hydrogens (tertiary/aromatic N) is 1. The summed E-state index contributed by atoms with van der Waals surface area (Å²) in [5.74, 6) is 0.732. The van der Waals surface area contributed by atoms with Gasteiger partial charge in [0.2, 0.25) is 0 Å². The van der Waals surface area contributed by atoms with Crippen LogP contribution in [0.2, 0.25) is 5.02 Å². The molecule has 5 nitrogen and oxygen atoms in total. The van der Waals surface area contributed by atoms with Gasteiger partial charge in [-0.2, -0.15) is 5.26 Å². The van der Waals surface area contributed by atoms with Crippen LogP contribution in [0.4, 0.5) is 0 Å². The zero-order chi connectivity index (χ0) is 20.6. The Bertz CT molecular complexity index is 943. The molecule has 1 aliphatic rings. The number of carbonyl (C=O) groups is 1. The number of ether oxygens (including phenoxy) is 2. The zero-order valence-corrected chi connectivity index (χ0v) is 17.0. The molecule has 3 rings (SSSR count). The smallest absolute Gasteiger partial charge is 0.262 e. The third-order valence-corrected chi connectivity index (χ3v) is 5.26. The molecule has 1 fully saturated rings. The minimum absolute atomic E-state index is 0.0729. The van der Waals surface area contributed by atoms with Crippen molar-refractivity contribution in [3.63, 3.8) is 0 Å². The lowest BCUT2D eigenvalue weighted by Gasteiger charge is -2.13. The lowest BCUT2D eigenvalue weighted by molar-refractivity contribution is -0.117. The predicted molar refractivity (Wildman–Crippen MR) is 113 cm³/mol. The lowest BCUT2D eigenvalue weighted by atomic mass is 10.1. The van der Waals surface area contributed by atoms with Gasteiger partial charge in [0.05, 0.1) is 7.11 Å². The van der Waals surface area contributed by atoms with Crippen LogP contribution in [0.5, 0.6) is 11.5 Å². The summed E-state index contributed by atoms with van der Waals surface area (Å²) in [4.78, 5) is 12.4. The molecule has 1 saturated carbocycles. The van der Waals surface area contributed by atoms with Gasteiger partial charge in [-0.3, -0.25) is 4.79 Å². The minimum Gasteiger partial charge on any atom is -0.493 e. The SMILES string of the molecule is COc1cc(/C=C(\C#N)C(=O)NC2CCCC2)ccc1OCc1ccccc1Cl. The van der Waals surface area contributed by atoms with Crippen molar-refractivity contribution in [1.82, 2.24) is 5.32 Å². The fourth-order valence-corrected chi connectivity index (χ4v) is 3.50. The van der Waals surface area contributed by atoms with Gasteiger partial charge in [0.25, 0.3) is 5.91 Å². The van der Waals surface area contributed by atoms with Crippen LogP contribution in [-0.2, 0) is 11.4 Å². The molecular weight excluding hydrogens is 388 g/mol. The van der Waals surface area contributed by atoms with Crippen LogP contribution < -0.4 is 14.8 Å². The molecule has 0 saturated heterocycles. The first kappa shape index (κ1) is 20.8. The molecule has 2 aromatic rings. The third-order valence-electron chi connectivity index (χ3n) is 4.90. The van der Waals surface area contributed by atoms with E-state index in [1.165, 1.54) is 0 Å². The zero-order valence-electron chi connectivity index (χ0n) is 16.3. The Morgan fingerprint density at radius 3 is 2.69 bits per heavy atom. The summed E-state index contributed by atoms with van der Waals surface area (Å²) in [6, 6.07) is 14.9. The Morgan fingerprint density at radius 2 is 2.00 bits per heavy atom. The van der Waals surface area contributed by atoms with Crippen molar-refractivity contribution >= 4 is 23.6 Å². The average Bonchev–Trinajstić information content (AvgIpc) is 3.24. The topological polar surface area (TPSA) is 71.3 Å². The van der Waals surface area contributed by atoms with Gasteiger partial charge in [0, 0.05) is 16.6 Å². The van der Waals surface area contributed by atoms with E-state index in [0.717, 1.165) is 31.2 Å². The van der Waals surface area contributed by atoms with E-state index in [2.05, 4.69) is 5.32 Å². The quantitative estimate of drug-likeness (QED) is 0.521. The number of halogens is 1. The second-order valence-electron chi connectivity index (χ2n) is 6.92. The van der Waals surface area contributed by atoms with E-state index in [1.54, 1.807) is 31.4 Å². The highest BCUT2D eigenvalue weighted by atomic mass is 35.5. The molecule has 0 spiro atoms. The molecule has 1 aliphatic carbocycles. The molecule has 0 unspecified atom stereocenters. The largest absolute Gasteiger partial charge is 0.493 e. The summed E-state index contributed by atoms with van der Waals surface area (Å²) in [6.45, 7) is 0.304. The van der Waals surface area contributed by atoms with Crippen molar-refractivity contribution in [2.75, 3.05) is 7.11 Å². The number of rotatable bonds is 7. The lowest BCUT2D eigenvalue weighted by Crippen LogP contribution is -2.33. The van der Waals surface area contributed by atoms with E-state index in [9.17, 15) is 10.1 Å². The van der Waals surface area contributed by atoms with Crippen LogP contribution in [-0.4, -0.2) is 19.1 Å². The molecule has 0 bridgehead atoms. The highest BCUT2D eigenvalue weighted by Gasteiger charge is 2.19. The Morgan fingerprint density at radius 1 is 1.24 bits per heavy atom. The number of hydrogen-bond acceptors (Lipinski definition) is 4. The van der Waals surface area contributed by atoms with Gasteiger partial charge in [-0.05, 0) is 42.7 Å². The van der Waals surface area contributed by atoms with Crippen molar-refractivity contribution < 1.29 is 14.3 Å². The molecule has 6 heteroatoms. The van der Waals surface area contributed by atoms with Gasteiger partial charge in [-0.15, -0.1) is 0 Å². The number of hydrogen-bond donors (Lipinski definition) is 1. The van der Waals surface area contributed by atoms with Gasteiger partial charge in [0.15, 0.2) is 11.5 Å². The van der Waals surface area contributed by atoms with E-state index in [-0.39, 0.29) is 17.5 Å². The summed E-state index contributed by atoms with van der Waals surface area (Å²) in [5.41, 5.74) is 1.63. The van der Waals surface area contributed by atoms with Crippen LogP contribution in [0.15, 0.2) is 48.0 Å². The van der Waals surface area contributed by atoms with Crippen LogP contribution >= 0.6 is 11.6 Å². The summed E-state index contributed by atoms with van der Waals surface area (Å²) in [7, 11) is 1.54. The molecule has 1 N–H and O–H groups in total. The molecular formula is C23H23ClN2O3. The molecule has 2 aromatic carbocycles. The Kier molecular flexibility index (Phi) is 7.15. The Labute approximate surface area is 175 Å². The van der Waals surface area contributed by atoms with E-state index >= 15 is 0 Å². The second-order valence-corrected chi connectivity index (χ2v) is 7.32. The third kappa shape index (κ3) is 5.52. The minimum atomic E-state index is -0.336. The number of methoxy groups -OCH3 is 1. The van der Waals surface area contributed by atoms with E-state index < -0.39 is 0 Å². The first-order valence-electron chi connectivity index (χ1n) is 9.57. The summed E-state index contributed by atoms with van der Waals surface area (Å²) >= 11 is 6.17. The molecule has 29 heavy (non-hydrogen) atoms. The first-order valence-corrected chi connectivity index (χ1v) is 9.95. The molecule has 1 amide bonds. The maximum atomic E-state index is 12.4. The first-order chi connectivity index (χ1) is 14.1. The van der Waals surface area contributed by atoms with Gasteiger partial charge >= 0.3 is 0 Å². The van der Waals surface area contributed by atoms with Crippen molar-refractivity contribution in [3.8, 4) is 17.6 Å². The van der Waals surface area contributed by atoms with Crippen molar-refractivity contribution in [3.05, 3.63) is 64.2 Å². The van der Waals surface area contributed by atoms with Gasteiger partial charge in [-0.1, -0.05) is 48.7 Å². The second kappa shape index (κ2) is 9.99. The van der Waals surface area contributed by atoms with Crippen LogP contribution in [0.25, 0.3) is 6.08 Å². The van der Waals surface area contributed by atoms with Gasteiger partial charge < -0.3 is 14.8 Å². The average molecular weight is 411 g/mol. The van der Waals surface area contributed by atoms with E-state index in [0.29, 0.717) is 28.7 Å². The molecule has 150 valence electrons. The van der Waals surface area contributed by atoms with Gasteiger partial charge in [0.1, 0.15) is 18.2 Å². The monoisotopic (exact) mass is 410 g/mol. The van der Waals surface area contributed by atoms with Crippen molar-refractivity contribution in [2.24, 2.45) is 0 Å². The predicted octanol–water partition coefficient (Wildman–Crippen LogP) is 4.89. The molecule has 0 aromatic heterocycles. The van der Waals surface area contributed by atoms with E-state index in [4.69, 9.17) is 21.1 Å². The Balaban J connectivity index is 1.72. The number of carbonyl (C=O) groups excluding carboxylic acids is 1. The van der Waals surface area contributed by atoms with Crippen LogP contribution in [0.3, 0.4) is 0 Å². The van der Waals surface area contributed by atoms with Gasteiger partial charge in [-0.25, -0.2) is 0 Å². The van der Waals surface area contributed by atoms with Crippen LogP contribution in [0, 0.1) is 11.3 Å². The number of nitriles is 1. The summed E-state index contributed by atoms with van der Waals surface area (Å²) < 4.78 is 11.3. The highest BCUT2D eigenvalue weighted by Crippen LogP contribution is 2.30.